The van der Waals surface area contributed by atoms with Gasteiger partial charge in [0.25, 0.3) is 0 Å². The molecule has 2 aromatic rings. The first-order chi connectivity index (χ1) is 11.8. The number of rotatable bonds is 7. The number of nitro groups is 1. The second kappa shape index (κ2) is 7.69. The van der Waals surface area contributed by atoms with Crippen LogP contribution in [0.5, 0.6) is 5.75 Å². The van der Waals surface area contributed by atoms with E-state index in [9.17, 15) is 23.7 Å². The molecule has 0 aliphatic rings. The molecule has 134 valence electrons. The summed E-state index contributed by atoms with van der Waals surface area (Å²) in [4.78, 5) is 22.4. The number of nitrogens with one attached hydrogen (secondary N) is 1. The Kier molecular flexibility index (Phi) is 5.63. The number of aryl methyl sites for hydroxylation is 1. The maximum Gasteiger partial charge on any atom is 0.387 e. The van der Waals surface area contributed by atoms with Crippen molar-refractivity contribution < 1.29 is 23.2 Å². The molecule has 0 unspecified atom stereocenters. The summed E-state index contributed by atoms with van der Waals surface area (Å²) < 4.78 is 29.9. The van der Waals surface area contributed by atoms with Crippen LogP contribution in [0.2, 0.25) is 0 Å². The molecule has 1 aromatic heterocycles. The Labute approximate surface area is 141 Å². The van der Waals surface area contributed by atoms with Crippen LogP contribution in [-0.2, 0) is 17.9 Å². The van der Waals surface area contributed by atoms with Crippen LogP contribution in [0.1, 0.15) is 17.0 Å². The number of hydrogen-bond donors (Lipinski definition) is 1. The smallest absolute Gasteiger partial charge is 0.387 e. The van der Waals surface area contributed by atoms with Crippen LogP contribution in [0, 0.1) is 24.0 Å². The van der Waals surface area contributed by atoms with Gasteiger partial charge in [-0.25, -0.2) is 0 Å². The summed E-state index contributed by atoms with van der Waals surface area (Å²) in [5.41, 5.74) is 0.965. The summed E-state index contributed by atoms with van der Waals surface area (Å²) >= 11 is 0. The number of nitrogens with zero attached hydrogens (tertiary/aromatic N) is 3. The minimum absolute atomic E-state index is 0.00378. The Bertz CT molecular complexity index is 792. The fourth-order valence-corrected chi connectivity index (χ4v) is 2.33. The third-order valence-corrected chi connectivity index (χ3v) is 3.43. The van der Waals surface area contributed by atoms with Gasteiger partial charge in [0.15, 0.2) is 0 Å². The van der Waals surface area contributed by atoms with Gasteiger partial charge in [0, 0.05) is 6.54 Å². The molecule has 0 bridgehead atoms. The number of hydrogen-bond acceptors (Lipinski definition) is 5. The van der Waals surface area contributed by atoms with Gasteiger partial charge < -0.3 is 10.1 Å². The number of ether oxygens (including phenoxy) is 1. The molecule has 1 amide bonds. The van der Waals surface area contributed by atoms with Gasteiger partial charge in [-0.2, -0.15) is 13.9 Å². The standard InChI is InChI=1S/C15H16F2N4O4/c1-9-14(21(23)24)10(2)20(19-9)8-13(22)18-7-11-4-3-5-12(6-11)25-15(16)17/h3-6,15H,7-8H2,1-2H3,(H,18,22). The summed E-state index contributed by atoms with van der Waals surface area (Å²) in [7, 11) is 0. The van der Waals surface area contributed by atoms with E-state index in [1.54, 1.807) is 6.07 Å². The predicted octanol–water partition coefficient (Wildman–Crippen LogP) is 2.33. The van der Waals surface area contributed by atoms with E-state index < -0.39 is 17.4 Å². The Morgan fingerprint density at radius 1 is 1.44 bits per heavy atom. The van der Waals surface area contributed by atoms with Gasteiger partial charge in [-0.3, -0.25) is 19.6 Å². The summed E-state index contributed by atoms with van der Waals surface area (Å²) in [6.07, 6.45) is 0. The first-order valence-electron chi connectivity index (χ1n) is 7.26. The summed E-state index contributed by atoms with van der Waals surface area (Å²) in [6.45, 7) is -0.00870. The predicted molar refractivity (Wildman–Crippen MR) is 83.3 cm³/mol. The Hall–Kier alpha value is -3.04. The first-order valence-corrected chi connectivity index (χ1v) is 7.26. The van der Waals surface area contributed by atoms with Crippen LogP contribution in [0.3, 0.4) is 0 Å². The van der Waals surface area contributed by atoms with Gasteiger partial charge >= 0.3 is 12.3 Å². The van der Waals surface area contributed by atoms with Gasteiger partial charge in [-0.1, -0.05) is 12.1 Å². The number of alkyl halides is 2. The highest BCUT2D eigenvalue weighted by atomic mass is 19.3. The van der Waals surface area contributed by atoms with Crippen LogP contribution in [0.25, 0.3) is 0 Å². The highest BCUT2D eigenvalue weighted by molar-refractivity contribution is 5.75. The van der Waals surface area contributed by atoms with Crippen molar-refractivity contribution in [3.05, 3.63) is 51.3 Å². The second-order valence-electron chi connectivity index (χ2n) is 5.24. The lowest BCUT2D eigenvalue weighted by Crippen LogP contribution is -2.28. The normalized spacial score (nSPS) is 10.8. The van der Waals surface area contributed by atoms with Crippen molar-refractivity contribution in [3.8, 4) is 5.75 Å². The third kappa shape index (κ3) is 4.72. The van der Waals surface area contributed by atoms with Gasteiger partial charge in [-0.05, 0) is 31.5 Å². The molecule has 0 aliphatic heterocycles. The van der Waals surface area contributed by atoms with Crippen molar-refractivity contribution >= 4 is 11.6 Å². The van der Waals surface area contributed by atoms with E-state index in [4.69, 9.17) is 0 Å². The van der Waals surface area contributed by atoms with Crippen molar-refractivity contribution in [1.82, 2.24) is 15.1 Å². The van der Waals surface area contributed by atoms with Crippen LogP contribution in [-0.4, -0.2) is 27.2 Å². The van der Waals surface area contributed by atoms with Crippen molar-refractivity contribution in [2.75, 3.05) is 0 Å². The van der Waals surface area contributed by atoms with Crippen LogP contribution in [0.15, 0.2) is 24.3 Å². The average molecular weight is 354 g/mol. The molecule has 0 radical (unpaired) electrons. The largest absolute Gasteiger partial charge is 0.435 e. The fourth-order valence-electron chi connectivity index (χ4n) is 2.33. The third-order valence-electron chi connectivity index (χ3n) is 3.43. The SMILES string of the molecule is Cc1nn(CC(=O)NCc2cccc(OC(F)F)c2)c(C)c1[N+](=O)[O-]. The number of aromatic nitrogens is 2. The Balaban J connectivity index is 1.98. The topological polar surface area (TPSA) is 99.3 Å². The zero-order valence-corrected chi connectivity index (χ0v) is 13.5. The molecule has 0 spiro atoms. The molecule has 2 rings (SSSR count). The maximum atomic E-state index is 12.2. The zero-order valence-electron chi connectivity index (χ0n) is 13.5. The highest BCUT2D eigenvalue weighted by Gasteiger charge is 2.22. The molecule has 0 saturated heterocycles. The van der Waals surface area contributed by atoms with E-state index in [0.717, 1.165) is 0 Å². The van der Waals surface area contributed by atoms with Crippen LogP contribution < -0.4 is 10.1 Å². The van der Waals surface area contributed by atoms with Crippen molar-refractivity contribution in [1.29, 1.82) is 0 Å². The molecule has 0 fully saturated rings. The summed E-state index contributed by atoms with van der Waals surface area (Å²) in [5.74, 6) is -0.420. The molecule has 1 heterocycles. The molecule has 0 aliphatic carbocycles. The molecule has 0 saturated carbocycles. The number of halogens is 2. The number of carbonyl (C=O) groups is 1. The molecular weight excluding hydrogens is 338 g/mol. The minimum Gasteiger partial charge on any atom is -0.435 e. The van der Waals surface area contributed by atoms with Crippen molar-refractivity contribution in [3.63, 3.8) is 0 Å². The Morgan fingerprint density at radius 2 is 2.16 bits per heavy atom. The molecular formula is C15H16F2N4O4. The second-order valence-corrected chi connectivity index (χ2v) is 5.24. The van der Waals surface area contributed by atoms with E-state index in [2.05, 4.69) is 15.2 Å². The number of carbonyl (C=O) groups excluding carboxylic acids is 1. The van der Waals surface area contributed by atoms with Crippen LogP contribution in [0.4, 0.5) is 14.5 Å². The number of amides is 1. The quantitative estimate of drug-likeness (QED) is 0.608. The highest BCUT2D eigenvalue weighted by Crippen LogP contribution is 2.21. The summed E-state index contributed by atoms with van der Waals surface area (Å²) in [6, 6.07) is 5.95. The van der Waals surface area contributed by atoms with Gasteiger partial charge in [0.2, 0.25) is 5.91 Å². The molecule has 25 heavy (non-hydrogen) atoms. The lowest BCUT2D eigenvalue weighted by Gasteiger charge is -2.09. The fraction of sp³-hybridized carbons (Fsp3) is 0.333. The Morgan fingerprint density at radius 3 is 2.76 bits per heavy atom. The summed E-state index contributed by atoms with van der Waals surface area (Å²) in [5, 5.41) is 17.5. The van der Waals surface area contributed by atoms with E-state index in [0.29, 0.717) is 5.56 Å². The van der Waals surface area contributed by atoms with E-state index in [-0.39, 0.29) is 35.9 Å². The lowest BCUT2D eigenvalue weighted by atomic mass is 10.2. The molecule has 10 heteroatoms. The van der Waals surface area contributed by atoms with Gasteiger partial charge in [-0.15, -0.1) is 0 Å². The molecule has 0 atom stereocenters. The molecule has 1 N–H and O–H groups in total. The monoisotopic (exact) mass is 354 g/mol. The zero-order chi connectivity index (χ0) is 18.6. The van der Waals surface area contributed by atoms with Gasteiger partial charge in [0.1, 0.15) is 23.7 Å². The minimum atomic E-state index is -2.92. The van der Waals surface area contributed by atoms with Gasteiger partial charge in [0.05, 0.1) is 4.92 Å². The number of benzene rings is 1. The van der Waals surface area contributed by atoms with Crippen LogP contribution >= 0.6 is 0 Å². The van der Waals surface area contributed by atoms with E-state index >= 15 is 0 Å². The van der Waals surface area contributed by atoms with Crippen molar-refractivity contribution in [2.24, 2.45) is 0 Å². The average Bonchev–Trinajstić information content (AvgIpc) is 2.79. The molecule has 8 nitrogen and oxygen atoms in total. The lowest BCUT2D eigenvalue weighted by molar-refractivity contribution is -0.386. The first kappa shape index (κ1) is 18.3. The molecule has 1 aromatic carbocycles. The van der Waals surface area contributed by atoms with E-state index in [1.807, 2.05) is 0 Å². The van der Waals surface area contributed by atoms with Crippen molar-refractivity contribution in [2.45, 2.75) is 33.5 Å². The maximum absolute atomic E-state index is 12.2. The van der Waals surface area contributed by atoms with E-state index in [1.165, 1.54) is 36.7 Å².